The molecule has 0 amide bonds. The minimum absolute atomic E-state index is 0.610. The van der Waals surface area contributed by atoms with E-state index >= 15 is 0 Å². The van der Waals surface area contributed by atoms with Crippen LogP contribution in [0.4, 0.5) is 17.1 Å². The van der Waals surface area contributed by atoms with Crippen molar-refractivity contribution in [1.29, 1.82) is 0 Å². The maximum Gasteiger partial charge on any atom is 0.145 e. The zero-order valence-corrected chi connectivity index (χ0v) is 35.8. The van der Waals surface area contributed by atoms with Gasteiger partial charge in [-0.25, -0.2) is 0 Å². The highest BCUT2D eigenvalue weighted by Gasteiger charge is 2.52. The molecule has 1 aliphatic carbocycles. The van der Waals surface area contributed by atoms with E-state index in [1.807, 2.05) is 6.07 Å². The lowest BCUT2D eigenvalue weighted by Crippen LogP contribution is -2.32. The summed E-state index contributed by atoms with van der Waals surface area (Å²) in [5.41, 5.74) is 16.3. The van der Waals surface area contributed by atoms with Crippen LogP contribution in [0.2, 0.25) is 0 Å². The first-order chi connectivity index (χ1) is 32.8. The Labute approximate surface area is 382 Å². The maximum atomic E-state index is 6.86. The Morgan fingerprint density at radius 3 is 1.67 bits per heavy atom. The van der Waals surface area contributed by atoms with Crippen molar-refractivity contribution in [3.05, 3.63) is 259 Å². The Bertz CT molecular complexity index is 3870. The number of ether oxygens (including phenoxy) is 1. The average molecular weight is 842 g/mol. The predicted molar refractivity (Wildman–Crippen MR) is 272 cm³/mol. The number of hydrogen-bond acceptors (Lipinski definition) is 3. The molecule has 11 aromatic carbocycles. The molecule has 0 saturated carbocycles. The van der Waals surface area contributed by atoms with Gasteiger partial charge in [0.15, 0.2) is 0 Å². The number of anilines is 3. The summed E-state index contributed by atoms with van der Waals surface area (Å²) in [5, 5.41) is 6.86. The summed E-state index contributed by atoms with van der Waals surface area (Å²) < 4.78 is 13.6. The van der Waals surface area contributed by atoms with Gasteiger partial charge in [-0.3, -0.25) is 0 Å². The van der Waals surface area contributed by atoms with E-state index < -0.39 is 5.41 Å². The van der Waals surface area contributed by atoms with Crippen LogP contribution in [0, 0.1) is 0 Å². The molecule has 0 atom stereocenters. The fourth-order valence-electron chi connectivity index (χ4n) is 11.4. The summed E-state index contributed by atoms with van der Waals surface area (Å²) in [7, 11) is 0. The summed E-state index contributed by atoms with van der Waals surface area (Å²) in [4.78, 5) is 2.47. The molecule has 12 aromatic rings. The van der Waals surface area contributed by atoms with Crippen molar-refractivity contribution in [3.63, 3.8) is 0 Å². The molecular formula is C63H39NO2. The van der Waals surface area contributed by atoms with Crippen LogP contribution in [0.1, 0.15) is 22.3 Å². The number of furan rings is 1. The zero-order chi connectivity index (χ0) is 43.3. The minimum atomic E-state index is -0.610. The van der Waals surface area contributed by atoms with E-state index in [0.717, 1.165) is 78.0 Å². The molecule has 0 bridgehead atoms. The zero-order valence-electron chi connectivity index (χ0n) is 35.8. The number of para-hydroxylation sites is 3. The molecular weight excluding hydrogens is 803 g/mol. The average Bonchev–Trinajstić information content (AvgIpc) is 3.91. The molecule has 0 radical (unpaired) electrons. The first-order valence-corrected chi connectivity index (χ1v) is 22.7. The third-order valence-corrected chi connectivity index (χ3v) is 14.1. The van der Waals surface area contributed by atoms with Crippen molar-refractivity contribution in [2.45, 2.75) is 5.41 Å². The van der Waals surface area contributed by atoms with Crippen molar-refractivity contribution in [2.24, 2.45) is 0 Å². The monoisotopic (exact) mass is 841 g/mol. The van der Waals surface area contributed by atoms with Gasteiger partial charge in [-0.15, -0.1) is 0 Å². The Morgan fingerprint density at radius 1 is 0.348 bits per heavy atom. The van der Waals surface area contributed by atoms with Crippen molar-refractivity contribution in [3.8, 4) is 44.9 Å². The van der Waals surface area contributed by atoms with Crippen LogP contribution in [-0.4, -0.2) is 0 Å². The summed E-state index contributed by atoms with van der Waals surface area (Å²) >= 11 is 0. The highest BCUT2D eigenvalue weighted by Crippen LogP contribution is 2.64. The molecule has 3 nitrogen and oxygen atoms in total. The number of benzene rings is 11. The normalized spacial score (nSPS) is 13.1. The lowest BCUT2D eigenvalue weighted by molar-refractivity contribution is 0.436. The van der Waals surface area contributed by atoms with E-state index in [9.17, 15) is 0 Å². The molecule has 0 N–H and O–H groups in total. The fraction of sp³-hybridized carbons (Fsp3) is 0.0159. The molecule has 308 valence electrons. The summed E-state index contributed by atoms with van der Waals surface area (Å²) in [6.45, 7) is 0. The highest BCUT2D eigenvalue weighted by molar-refractivity contribution is 6.20. The number of fused-ring (bicyclic) bond motifs is 15. The number of rotatable bonds is 5. The van der Waals surface area contributed by atoms with E-state index in [1.54, 1.807) is 0 Å². The first kappa shape index (κ1) is 36.8. The molecule has 2 aliphatic rings. The van der Waals surface area contributed by atoms with Crippen molar-refractivity contribution in [1.82, 2.24) is 0 Å². The van der Waals surface area contributed by atoms with Gasteiger partial charge in [0.1, 0.15) is 22.7 Å². The second kappa shape index (κ2) is 14.2. The predicted octanol–water partition coefficient (Wildman–Crippen LogP) is 17.2. The van der Waals surface area contributed by atoms with Crippen LogP contribution >= 0.6 is 0 Å². The van der Waals surface area contributed by atoms with Crippen LogP contribution in [0.15, 0.2) is 241 Å². The molecule has 0 unspecified atom stereocenters. The van der Waals surface area contributed by atoms with Gasteiger partial charge < -0.3 is 14.1 Å². The lowest BCUT2D eigenvalue weighted by atomic mass is 9.66. The minimum Gasteiger partial charge on any atom is -0.457 e. The van der Waals surface area contributed by atoms with Gasteiger partial charge in [0.05, 0.1) is 16.8 Å². The van der Waals surface area contributed by atoms with Crippen LogP contribution in [-0.2, 0) is 5.41 Å². The van der Waals surface area contributed by atoms with Gasteiger partial charge in [0.2, 0.25) is 0 Å². The highest BCUT2D eigenvalue weighted by atomic mass is 16.5. The maximum absolute atomic E-state index is 6.86. The van der Waals surface area contributed by atoms with Crippen molar-refractivity contribution < 1.29 is 9.15 Å². The summed E-state index contributed by atoms with van der Waals surface area (Å²) in [6, 6.07) is 85.6. The van der Waals surface area contributed by atoms with E-state index in [0.29, 0.717) is 0 Å². The quantitative estimate of drug-likeness (QED) is 0.173. The van der Waals surface area contributed by atoms with Gasteiger partial charge in [-0.1, -0.05) is 188 Å². The van der Waals surface area contributed by atoms with E-state index in [4.69, 9.17) is 9.15 Å². The molecule has 14 rings (SSSR count). The number of hydrogen-bond donors (Lipinski definition) is 0. The molecule has 1 spiro atoms. The second-order valence-corrected chi connectivity index (χ2v) is 17.5. The van der Waals surface area contributed by atoms with Crippen LogP contribution in [0.25, 0.3) is 76.9 Å². The molecule has 1 aromatic heterocycles. The van der Waals surface area contributed by atoms with Gasteiger partial charge in [0, 0.05) is 38.5 Å². The standard InChI is InChI=1S/C63H39NO2/c1-2-16-40(17-3-1)44-38-39-45(47-20-5-4-19-46(44)47)41-32-35-43(36-33-41)64(55-27-14-18-42-34-37-49-48-21-7-11-29-57(48)66-62(49)60(42)55)56-28-15-26-54-61(56)50-22-6-8-23-51(50)63(54)52-24-9-12-30-58(52)65-59-31-13-10-25-53(59)63/h1-39H. The van der Waals surface area contributed by atoms with Crippen molar-refractivity contribution >= 4 is 60.5 Å². The topological polar surface area (TPSA) is 25.6 Å². The Kier molecular flexibility index (Phi) is 7.90. The van der Waals surface area contributed by atoms with E-state index in [-0.39, 0.29) is 0 Å². The lowest BCUT2D eigenvalue weighted by Gasteiger charge is -2.39. The molecule has 0 saturated heterocycles. The van der Waals surface area contributed by atoms with E-state index in [2.05, 4.69) is 235 Å². The van der Waals surface area contributed by atoms with Crippen LogP contribution < -0.4 is 9.64 Å². The number of nitrogens with zero attached hydrogens (tertiary/aromatic N) is 1. The van der Waals surface area contributed by atoms with Gasteiger partial charge in [0.25, 0.3) is 0 Å². The Morgan fingerprint density at radius 2 is 0.924 bits per heavy atom. The van der Waals surface area contributed by atoms with E-state index in [1.165, 1.54) is 49.7 Å². The second-order valence-electron chi connectivity index (χ2n) is 17.5. The molecule has 2 heterocycles. The third-order valence-electron chi connectivity index (χ3n) is 14.1. The largest absolute Gasteiger partial charge is 0.457 e. The summed E-state index contributed by atoms with van der Waals surface area (Å²) in [6.07, 6.45) is 0. The van der Waals surface area contributed by atoms with Gasteiger partial charge in [-0.2, -0.15) is 0 Å². The van der Waals surface area contributed by atoms with Crippen LogP contribution in [0.3, 0.4) is 0 Å². The van der Waals surface area contributed by atoms with Crippen molar-refractivity contribution in [2.75, 3.05) is 4.90 Å². The molecule has 66 heavy (non-hydrogen) atoms. The summed E-state index contributed by atoms with van der Waals surface area (Å²) in [5.74, 6) is 1.75. The first-order valence-electron chi connectivity index (χ1n) is 22.7. The van der Waals surface area contributed by atoms with Gasteiger partial charge >= 0.3 is 0 Å². The molecule has 3 heteroatoms. The fourth-order valence-corrected chi connectivity index (χ4v) is 11.4. The van der Waals surface area contributed by atoms with Gasteiger partial charge in [-0.05, 0) is 104 Å². The Balaban J connectivity index is 1.04. The Hall–Kier alpha value is -8.66. The SMILES string of the molecule is c1ccc(-c2ccc(-c3ccc(N(c4cccc5c4-c4ccccc4C54c5ccccc5Oc5ccccc54)c4cccc5ccc6c7ccccc7oc6c45)cc3)c3ccccc23)cc1. The third kappa shape index (κ3) is 5.14. The smallest absolute Gasteiger partial charge is 0.145 e. The molecule has 0 fully saturated rings. The van der Waals surface area contributed by atoms with Crippen LogP contribution in [0.5, 0.6) is 11.5 Å². The molecule has 1 aliphatic heterocycles.